The van der Waals surface area contributed by atoms with Crippen LogP contribution < -0.4 is 21.7 Å². The number of rotatable bonds is 1. The first-order chi connectivity index (χ1) is 6.95. The van der Waals surface area contributed by atoms with E-state index >= 15 is 0 Å². The number of fused-ring (bicyclic) bond motifs is 1. The minimum absolute atomic E-state index is 0.302. The predicted molar refractivity (Wildman–Crippen MR) is 64.6 cm³/mol. The summed E-state index contributed by atoms with van der Waals surface area (Å²) >= 11 is 0. The van der Waals surface area contributed by atoms with Gasteiger partial charge in [0.25, 0.3) is 0 Å². The predicted octanol–water partition coefficient (Wildman–Crippen LogP) is 1.40. The molecule has 1 unspecified atom stereocenters. The van der Waals surface area contributed by atoms with Gasteiger partial charge in [-0.05, 0) is 18.2 Å². The van der Waals surface area contributed by atoms with Crippen molar-refractivity contribution < 1.29 is 0 Å². The van der Waals surface area contributed by atoms with Crippen LogP contribution in [-0.4, -0.2) is 12.8 Å². The topological polar surface area (TPSA) is 67.3 Å². The summed E-state index contributed by atoms with van der Waals surface area (Å²) in [6, 6.07) is 5.81. The summed E-state index contributed by atoms with van der Waals surface area (Å²) in [5, 5.41) is 3.32. The van der Waals surface area contributed by atoms with Gasteiger partial charge >= 0.3 is 0 Å². The lowest BCUT2D eigenvalue weighted by molar-refractivity contribution is 0.360. The minimum atomic E-state index is -0.518. The van der Waals surface area contributed by atoms with E-state index in [2.05, 4.69) is 24.1 Å². The first kappa shape index (κ1) is 10.1. The molecule has 0 aliphatic carbocycles. The molecule has 82 valence electrons. The van der Waals surface area contributed by atoms with Crippen LogP contribution in [0.15, 0.2) is 18.2 Å². The number of hydrogen-bond acceptors (Lipinski definition) is 4. The maximum absolute atomic E-state index is 6.32. The van der Waals surface area contributed by atoms with E-state index in [9.17, 15) is 0 Å². The van der Waals surface area contributed by atoms with Crippen LogP contribution in [0.25, 0.3) is 0 Å². The number of anilines is 3. The number of nitrogens with two attached hydrogens (primary N) is 2. The second-order valence-corrected chi connectivity index (χ2v) is 4.44. The van der Waals surface area contributed by atoms with Crippen LogP contribution in [0.1, 0.15) is 13.8 Å². The standard InChI is InChI=1S/C11H18N4/c1-7(2)11(13)14-9-6-8(12)4-5-10(9)15(11)3/h4-7,14H,12-13H2,1-3H3. The monoisotopic (exact) mass is 206 g/mol. The van der Waals surface area contributed by atoms with E-state index in [0.29, 0.717) is 5.92 Å². The van der Waals surface area contributed by atoms with E-state index in [1.165, 1.54) is 0 Å². The fraction of sp³-hybridized carbons (Fsp3) is 0.455. The molecule has 0 bridgehead atoms. The Bertz CT molecular complexity index is 388. The second-order valence-electron chi connectivity index (χ2n) is 4.44. The van der Waals surface area contributed by atoms with Crippen LogP contribution in [0.2, 0.25) is 0 Å². The third-order valence-corrected chi connectivity index (χ3v) is 3.15. The Balaban J connectivity index is 2.45. The third kappa shape index (κ3) is 1.33. The molecule has 15 heavy (non-hydrogen) atoms. The molecule has 4 heteroatoms. The number of nitrogen functional groups attached to an aromatic ring is 1. The molecule has 1 aromatic rings. The first-order valence-corrected chi connectivity index (χ1v) is 5.15. The normalized spacial score (nSPS) is 24.2. The minimum Gasteiger partial charge on any atom is -0.399 e. The molecule has 0 amide bonds. The Labute approximate surface area is 90.2 Å². The van der Waals surface area contributed by atoms with E-state index in [0.717, 1.165) is 17.1 Å². The van der Waals surface area contributed by atoms with Crippen LogP contribution >= 0.6 is 0 Å². The average molecular weight is 206 g/mol. The molecule has 0 fully saturated rings. The highest BCUT2D eigenvalue weighted by Crippen LogP contribution is 2.40. The van der Waals surface area contributed by atoms with Crippen LogP contribution in [-0.2, 0) is 0 Å². The molecule has 1 aromatic carbocycles. The summed E-state index contributed by atoms with van der Waals surface area (Å²) in [4.78, 5) is 2.06. The molecule has 0 saturated heterocycles. The number of nitrogens with zero attached hydrogens (tertiary/aromatic N) is 1. The molecular weight excluding hydrogens is 188 g/mol. The number of hydrogen-bond donors (Lipinski definition) is 3. The van der Waals surface area contributed by atoms with Crippen molar-refractivity contribution in [3.05, 3.63) is 18.2 Å². The zero-order chi connectivity index (χ0) is 11.2. The van der Waals surface area contributed by atoms with E-state index < -0.39 is 5.79 Å². The summed E-state index contributed by atoms with van der Waals surface area (Å²) < 4.78 is 0. The fourth-order valence-electron chi connectivity index (χ4n) is 1.98. The van der Waals surface area contributed by atoms with Gasteiger partial charge < -0.3 is 16.0 Å². The molecule has 0 saturated carbocycles. The van der Waals surface area contributed by atoms with Crippen molar-refractivity contribution in [2.75, 3.05) is 23.0 Å². The van der Waals surface area contributed by atoms with Crippen molar-refractivity contribution in [2.45, 2.75) is 19.6 Å². The quantitative estimate of drug-likeness (QED) is 0.608. The molecule has 1 heterocycles. The lowest BCUT2D eigenvalue weighted by Crippen LogP contribution is -2.60. The van der Waals surface area contributed by atoms with Gasteiger partial charge in [-0.1, -0.05) is 13.8 Å². The summed E-state index contributed by atoms with van der Waals surface area (Å²) in [6.45, 7) is 4.19. The average Bonchev–Trinajstić information content (AvgIpc) is 2.40. The van der Waals surface area contributed by atoms with Crippen molar-refractivity contribution in [2.24, 2.45) is 11.7 Å². The zero-order valence-corrected chi connectivity index (χ0v) is 9.41. The Morgan fingerprint density at radius 1 is 1.40 bits per heavy atom. The van der Waals surface area contributed by atoms with Crippen molar-refractivity contribution in [1.29, 1.82) is 0 Å². The largest absolute Gasteiger partial charge is 0.399 e. The Hall–Kier alpha value is -1.42. The molecule has 0 aromatic heterocycles. The molecule has 5 N–H and O–H groups in total. The van der Waals surface area contributed by atoms with Crippen LogP contribution in [0.3, 0.4) is 0 Å². The van der Waals surface area contributed by atoms with Crippen molar-refractivity contribution in [3.63, 3.8) is 0 Å². The van der Waals surface area contributed by atoms with Crippen molar-refractivity contribution >= 4 is 17.1 Å². The number of benzene rings is 1. The SMILES string of the molecule is CC(C)C1(N)Nc2cc(N)ccc2N1C. The Morgan fingerprint density at radius 3 is 2.67 bits per heavy atom. The van der Waals surface area contributed by atoms with E-state index in [1.807, 2.05) is 25.2 Å². The molecular formula is C11H18N4. The maximum atomic E-state index is 6.32. The van der Waals surface area contributed by atoms with Gasteiger partial charge in [-0.3, -0.25) is 5.73 Å². The van der Waals surface area contributed by atoms with E-state index in [4.69, 9.17) is 11.5 Å². The summed E-state index contributed by atoms with van der Waals surface area (Å²) in [5.41, 5.74) is 14.9. The molecule has 2 rings (SSSR count). The molecule has 0 spiro atoms. The highest BCUT2D eigenvalue weighted by Gasteiger charge is 2.40. The molecule has 1 atom stereocenters. The van der Waals surface area contributed by atoms with E-state index in [1.54, 1.807) is 0 Å². The van der Waals surface area contributed by atoms with Gasteiger partial charge in [0, 0.05) is 18.7 Å². The van der Waals surface area contributed by atoms with E-state index in [-0.39, 0.29) is 0 Å². The zero-order valence-electron chi connectivity index (χ0n) is 9.41. The summed E-state index contributed by atoms with van der Waals surface area (Å²) in [6.07, 6.45) is 0. The lowest BCUT2D eigenvalue weighted by Gasteiger charge is -2.37. The molecule has 0 radical (unpaired) electrons. The van der Waals surface area contributed by atoms with Crippen LogP contribution in [0.4, 0.5) is 17.1 Å². The second kappa shape index (κ2) is 3.03. The molecule has 1 aliphatic rings. The van der Waals surface area contributed by atoms with Gasteiger partial charge in [0.1, 0.15) is 0 Å². The lowest BCUT2D eigenvalue weighted by atomic mass is 10.1. The first-order valence-electron chi connectivity index (χ1n) is 5.15. The fourth-order valence-corrected chi connectivity index (χ4v) is 1.98. The highest BCUT2D eigenvalue weighted by molar-refractivity contribution is 5.80. The van der Waals surface area contributed by atoms with Crippen molar-refractivity contribution in [1.82, 2.24) is 0 Å². The summed E-state index contributed by atoms with van der Waals surface area (Å²) in [7, 11) is 2.00. The van der Waals surface area contributed by atoms with Crippen molar-refractivity contribution in [3.8, 4) is 0 Å². The highest BCUT2D eigenvalue weighted by atomic mass is 15.4. The van der Waals surface area contributed by atoms with Gasteiger partial charge in [-0.2, -0.15) is 0 Å². The Kier molecular flexibility index (Phi) is 2.04. The maximum Gasteiger partial charge on any atom is 0.166 e. The Morgan fingerprint density at radius 2 is 2.07 bits per heavy atom. The van der Waals surface area contributed by atoms with Gasteiger partial charge in [-0.15, -0.1) is 0 Å². The molecule has 1 aliphatic heterocycles. The van der Waals surface area contributed by atoms with Gasteiger partial charge in [0.15, 0.2) is 5.79 Å². The summed E-state index contributed by atoms with van der Waals surface area (Å²) in [5.74, 6) is -0.216. The molecule has 4 nitrogen and oxygen atoms in total. The van der Waals surface area contributed by atoms with Gasteiger partial charge in [0.05, 0.1) is 11.4 Å². The van der Waals surface area contributed by atoms with Crippen LogP contribution in [0.5, 0.6) is 0 Å². The smallest absolute Gasteiger partial charge is 0.166 e. The van der Waals surface area contributed by atoms with Crippen LogP contribution in [0, 0.1) is 5.92 Å². The van der Waals surface area contributed by atoms with Gasteiger partial charge in [0.2, 0.25) is 0 Å². The van der Waals surface area contributed by atoms with Gasteiger partial charge in [-0.25, -0.2) is 0 Å². The third-order valence-electron chi connectivity index (χ3n) is 3.15. The number of nitrogens with one attached hydrogen (secondary N) is 1.